The fourth-order valence-electron chi connectivity index (χ4n) is 3.40. The SMILES string of the molecule is CN=C(NCCCCN(C)C(C)C)NCC1(CCOC)CCCC1.I. The molecule has 0 amide bonds. The number of guanidine groups is 1. The molecule has 1 saturated carbocycles. The van der Waals surface area contributed by atoms with E-state index in [1.807, 2.05) is 7.05 Å². The molecule has 6 heteroatoms. The van der Waals surface area contributed by atoms with Gasteiger partial charge >= 0.3 is 0 Å². The van der Waals surface area contributed by atoms with Gasteiger partial charge in [-0.3, -0.25) is 4.99 Å². The van der Waals surface area contributed by atoms with E-state index in [9.17, 15) is 0 Å². The van der Waals surface area contributed by atoms with Crippen molar-refractivity contribution in [1.29, 1.82) is 0 Å². The van der Waals surface area contributed by atoms with E-state index < -0.39 is 0 Å². The van der Waals surface area contributed by atoms with Crippen LogP contribution < -0.4 is 10.6 Å². The zero-order valence-corrected chi connectivity index (χ0v) is 19.4. The smallest absolute Gasteiger partial charge is 0.190 e. The van der Waals surface area contributed by atoms with E-state index in [0.717, 1.165) is 38.6 Å². The van der Waals surface area contributed by atoms with Crippen LogP contribution in [0.15, 0.2) is 4.99 Å². The Morgan fingerprint density at radius 2 is 1.88 bits per heavy atom. The first-order valence-corrected chi connectivity index (χ1v) is 9.67. The highest BCUT2D eigenvalue weighted by molar-refractivity contribution is 14.0. The lowest BCUT2D eigenvalue weighted by Crippen LogP contribution is -2.43. The largest absolute Gasteiger partial charge is 0.385 e. The van der Waals surface area contributed by atoms with Gasteiger partial charge in [0.1, 0.15) is 0 Å². The zero-order valence-electron chi connectivity index (χ0n) is 17.1. The van der Waals surface area contributed by atoms with E-state index in [4.69, 9.17) is 4.74 Å². The lowest BCUT2D eigenvalue weighted by Gasteiger charge is -2.30. The number of methoxy groups -OCH3 is 1. The monoisotopic (exact) mass is 468 g/mol. The van der Waals surface area contributed by atoms with Gasteiger partial charge in [-0.25, -0.2) is 0 Å². The van der Waals surface area contributed by atoms with Crippen LogP contribution >= 0.6 is 24.0 Å². The maximum Gasteiger partial charge on any atom is 0.190 e. The van der Waals surface area contributed by atoms with E-state index >= 15 is 0 Å². The number of nitrogens with zero attached hydrogens (tertiary/aromatic N) is 2. The third-order valence-corrected chi connectivity index (χ3v) is 5.47. The van der Waals surface area contributed by atoms with Gasteiger partial charge in [0.2, 0.25) is 0 Å². The van der Waals surface area contributed by atoms with Gasteiger partial charge < -0.3 is 20.3 Å². The van der Waals surface area contributed by atoms with Gasteiger partial charge in [0.15, 0.2) is 5.96 Å². The Balaban J connectivity index is 0.00000576. The minimum absolute atomic E-state index is 0. The van der Waals surface area contributed by atoms with Crippen molar-refractivity contribution in [3.63, 3.8) is 0 Å². The van der Waals surface area contributed by atoms with Gasteiger partial charge in [0, 0.05) is 39.9 Å². The highest BCUT2D eigenvalue weighted by Crippen LogP contribution is 2.40. The fraction of sp³-hybridized carbons (Fsp3) is 0.947. The van der Waals surface area contributed by atoms with Crippen LogP contribution in [0.5, 0.6) is 0 Å². The van der Waals surface area contributed by atoms with E-state index in [0.29, 0.717) is 11.5 Å². The number of unbranched alkanes of at least 4 members (excludes halogenated alkanes) is 1. The van der Waals surface area contributed by atoms with Gasteiger partial charge in [-0.2, -0.15) is 0 Å². The van der Waals surface area contributed by atoms with Crippen molar-refractivity contribution in [2.75, 3.05) is 47.4 Å². The van der Waals surface area contributed by atoms with Gasteiger partial charge in [-0.15, -0.1) is 24.0 Å². The molecular weight excluding hydrogens is 427 g/mol. The first-order chi connectivity index (χ1) is 11.5. The second kappa shape index (κ2) is 14.0. The number of rotatable bonds is 11. The quantitative estimate of drug-likeness (QED) is 0.211. The summed E-state index contributed by atoms with van der Waals surface area (Å²) in [5, 5.41) is 7.01. The number of halogens is 1. The van der Waals surface area contributed by atoms with Crippen molar-refractivity contribution in [1.82, 2.24) is 15.5 Å². The summed E-state index contributed by atoms with van der Waals surface area (Å²) in [6, 6.07) is 0.627. The van der Waals surface area contributed by atoms with Crippen molar-refractivity contribution in [2.24, 2.45) is 10.4 Å². The Bertz CT molecular complexity index is 357. The number of ether oxygens (including phenoxy) is 1. The minimum Gasteiger partial charge on any atom is -0.385 e. The van der Waals surface area contributed by atoms with Crippen LogP contribution in [-0.2, 0) is 4.74 Å². The van der Waals surface area contributed by atoms with Crippen LogP contribution in [0.1, 0.15) is 58.8 Å². The van der Waals surface area contributed by atoms with Crippen molar-refractivity contribution >= 4 is 29.9 Å². The van der Waals surface area contributed by atoms with Gasteiger partial charge in [0.05, 0.1) is 0 Å². The standard InChI is InChI=1S/C19H40N4O.HI/c1-17(2)23(4)14-9-8-13-21-18(20-3)22-16-19(12-15-24-5)10-6-7-11-19;/h17H,6-16H2,1-5H3,(H2,20,21,22);1H. The molecule has 0 heterocycles. The normalized spacial score (nSPS) is 17.0. The number of nitrogens with one attached hydrogen (secondary N) is 2. The van der Waals surface area contributed by atoms with Gasteiger partial charge in [-0.1, -0.05) is 12.8 Å². The minimum atomic E-state index is 0. The second-order valence-corrected chi connectivity index (χ2v) is 7.58. The third-order valence-electron chi connectivity index (χ3n) is 5.47. The third kappa shape index (κ3) is 9.99. The summed E-state index contributed by atoms with van der Waals surface area (Å²) in [5.74, 6) is 0.941. The van der Waals surface area contributed by atoms with E-state index in [1.54, 1.807) is 7.11 Å². The van der Waals surface area contributed by atoms with Gasteiger partial charge in [0.25, 0.3) is 0 Å². The maximum atomic E-state index is 5.31. The van der Waals surface area contributed by atoms with Crippen LogP contribution in [0.3, 0.4) is 0 Å². The molecular formula is C19H41IN4O. The zero-order chi connectivity index (χ0) is 17.8. The molecule has 0 atom stereocenters. The molecule has 1 rings (SSSR count). The summed E-state index contributed by atoms with van der Waals surface area (Å²) >= 11 is 0. The predicted octanol–water partition coefficient (Wildman–Crippen LogP) is 3.49. The van der Waals surface area contributed by atoms with Crippen LogP contribution in [0.25, 0.3) is 0 Å². The molecule has 0 bridgehead atoms. The molecule has 1 aliphatic carbocycles. The molecule has 0 aromatic carbocycles. The summed E-state index contributed by atoms with van der Waals surface area (Å²) in [6.45, 7) is 8.49. The van der Waals surface area contributed by atoms with Crippen molar-refractivity contribution in [3.05, 3.63) is 0 Å². The Hall–Kier alpha value is -0.0800. The molecule has 1 fully saturated rings. The summed E-state index contributed by atoms with van der Waals surface area (Å²) in [5.41, 5.74) is 0.396. The van der Waals surface area contributed by atoms with Crippen molar-refractivity contribution in [3.8, 4) is 0 Å². The molecule has 0 aliphatic heterocycles. The lowest BCUT2D eigenvalue weighted by molar-refractivity contribution is 0.138. The predicted molar refractivity (Wildman–Crippen MR) is 119 cm³/mol. The van der Waals surface area contributed by atoms with Crippen LogP contribution in [0, 0.1) is 5.41 Å². The number of hydrogen-bond donors (Lipinski definition) is 2. The number of aliphatic imine (C=N–C) groups is 1. The lowest BCUT2D eigenvalue weighted by atomic mass is 9.83. The molecule has 0 aromatic rings. The van der Waals surface area contributed by atoms with E-state index in [1.165, 1.54) is 38.5 Å². The highest BCUT2D eigenvalue weighted by Gasteiger charge is 2.33. The molecule has 0 unspecified atom stereocenters. The van der Waals surface area contributed by atoms with Gasteiger partial charge in [-0.05, 0) is 65.0 Å². The molecule has 1 aliphatic rings. The molecule has 2 N–H and O–H groups in total. The van der Waals surface area contributed by atoms with Crippen LogP contribution in [0.4, 0.5) is 0 Å². The Morgan fingerprint density at radius 1 is 1.20 bits per heavy atom. The Kier molecular flexibility index (Phi) is 14.0. The molecule has 0 spiro atoms. The first kappa shape index (κ1) is 24.9. The highest BCUT2D eigenvalue weighted by atomic mass is 127. The molecule has 150 valence electrons. The summed E-state index contributed by atoms with van der Waals surface area (Å²) in [7, 11) is 5.85. The molecule has 0 aromatic heterocycles. The second-order valence-electron chi connectivity index (χ2n) is 7.58. The summed E-state index contributed by atoms with van der Waals surface area (Å²) in [4.78, 5) is 6.77. The first-order valence-electron chi connectivity index (χ1n) is 9.67. The summed E-state index contributed by atoms with van der Waals surface area (Å²) < 4.78 is 5.31. The topological polar surface area (TPSA) is 48.9 Å². The fourth-order valence-corrected chi connectivity index (χ4v) is 3.40. The molecule has 0 saturated heterocycles. The molecule has 25 heavy (non-hydrogen) atoms. The summed E-state index contributed by atoms with van der Waals surface area (Å²) in [6.07, 6.45) is 8.85. The Labute approximate surface area is 172 Å². The average Bonchev–Trinajstić information content (AvgIpc) is 3.04. The Morgan fingerprint density at radius 3 is 2.44 bits per heavy atom. The molecule has 5 nitrogen and oxygen atoms in total. The van der Waals surface area contributed by atoms with Crippen molar-refractivity contribution in [2.45, 2.75) is 64.8 Å². The van der Waals surface area contributed by atoms with E-state index in [2.05, 4.69) is 41.4 Å². The van der Waals surface area contributed by atoms with Crippen LogP contribution in [0.2, 0.25) is 0 Å². The van der Waals surface area contributed by atoms with Crippen LogP contribution in [-0.4, -0.2) is 64.3 Å². The van der Waals surface area contributed by atoms with E-state index in [-0.39, 0.29) is 24.0 Å². The maximum absolute atomic E-state index is 5.31. The number of hydrogen-bond acceptors (Lipinski definition) is 3. The average molecular weight is 468 g/mol. The van der Waals surface area contributed by atoms with Crippen molar-refractivity contribution < 1.29 is 4.74 Å². The molecule has 0 radical (unpaired) electrons.